The second-order valence-corrected chi connectivity index (χ2v) is 5.66. The Morgan fingerprint density at radius 3 is 2.42 bits per heavy atom. The normalized spacial score (nSPS) is 10.2. The van der Waals surface area contributed by atoms with E-state index in [1.54, 1.807) is 42.4 Å². The van der Waals surface area contributed by atoms with Gasteiger partial charge in [-0.15, -0.1) is 0 Å². The molecule has 0 aliphatic carbocycles. The Bertz CT molecular complexity index is 669. The summed E-state index contributed by atoms with van der Waals surface area (Å²) < 4.78 is 0. The first kappa shape index (κ1) is 17.7. The minimum absolute atomic E-state index is 0.0242. The van der Waals surface area contributed by atoms with Gasteiger partial charge in [0.1, 0.15) is 0 Å². The zero-order chi connectivity index (χ0) is 17.4. The highest BCUT2D eigenvalue weighted by Crippen LogP contribution is 2.08. The summed E-state index contributed by atoms with van der Waals surface area (Å²) in [5, 5.41) is 2.82. The van der Waals surface area contributed by atoms with E-state index < -0.39 is 0 Å². The van der Waals surface area contributed by atoms with Crippen LogP contribution in [0.15, 0.2) is 48.7 Å². The van der Waals surface area contributed by atoms with Crippen molar-refractivity contribution in [1.82, 2.24) is 15.2 Å². The van der Waals surface area contributed by atoms with Gasteiger partial charge in [-0.3, -0.25) is 14.6 Å². The van der Waals surface area contributed by atoms with Crippen LogP contribution in [-0.2, 0) is 6.54 Å². The van der Waals surface area contributed by atoms with Crippen molar-refractivity contribution >= 4 is 11.8 Å². The SMILES string of the molecule is CCCCN(C)C(=O)c1ccc(C(=O)NCc2ccccn2)cc1. The second-order valence-electron chi connectivity index (χ2n) is 5.66. The van der Waals surface area contributed by atoms with Crippen LogP contribution in [0.1, 0.15) is 46.2 Å². The molecule has 2 amide bonds. The van der Waals surface area contributed by atoms with Crippen molar-refractivity contribution < 1.29 is 9.59 Å². The Balaban J connectivity index is 1.93. The van der Waals surface area contributed by atoms with Crippen LogP contribution in [-0.4, -0.2) is 35.3 Å². The number of nitrogens with one attached hydrogen (secondary N) is 1. The van der Waals surface area contributed by atoms with E-state index in [0.29, 0.717) is 17.7 Å². The second kappa shape index (κ2) is 8.82. The number of carbonyl (C=O) groups is 2. The fourth-order valence-electron chi connectivity index (χ4n) is 2.26. The van der Waals surface area contributed by atoms with Crippen molar-refractivity contribution in [3.05, 3.63) is 65.5 Å². The molecule has 2 aromatic rings. The van der Waals surface area contributed by atoms with Gasteiger partial charge in [0.15, 0.2) is 0 Å². The van der Waals surface area contributed by atoms with Gasteiger partial charge in [0.25, 0.3) is 11.8 Å². The summed E-state index contributed by atoms with van der Waals surface area (Å²) in [5.41, 5.74) is 1.92. The Morgan fingerprint density at radius 1 is 1.08 bits per heavy atom. The summed E-state index contributed by atoms with van der Waals surface area (Å²) in [4.78, 5) is 30.3. The van der Waals surface area contributed by atoms with E-state index in [0.717, 1.165) is 25.1 Å². The maximum Gasteiger partial charge on any atom is 0.253 e. The Morgan fingerprint density at radius 2 is 1.79 bits per heavy atom. The van der Waals surface area contributed by atoms with Crippen molar-refractivity contribution in [3.63, 3.8) is 0 Å². The zero-order valence-corrected chi connectivity index (χ0v) is 14.2. The fraction of sp³-hybridized carbons (Fsp3) is 0.316. The molecule has 0 spiro atoms. The molecular formula is C19H23N3O2. The molecule has 0 atom stereocenters. The highest BCUT2D eigenvalue weighted by Gasteiger charge is 2.12. The first-order chi connectivity index (χ1) is 11.6. The van der Waals surface area contributed by atoms with Crippen molar-refractivity contribution in [2.24, 2.45) is 0 Å². The third-order valence-corrected chi connectivity index (χ3v) is 3.74. The molecule has 0 fully saturated rings. The molecule has 24 heavy (non-hydrogen) atoms. The zero-order valence-electron chi connectivity index (χ0n) is 14.2. The Labute approximate surface area is 142 Å². The van der Waals surface area contributed by atoms with E-state index in [2.05, 4.69) is 17.2 Å². The summed E-state index contributed by atoms with van der Waals surface area (Å²) >= 11 is 0. The lowest BCUT2D eigenvalue weighted by Crippen LogP contribution is -2.28. The van der Waals surface area contributed by atoms with Crippen molar-refractivity contribution in [1.29, 1.82) is 0 Å². The van der Waals surface area contributed by atoms with Crippen molar-refractivity contribution in [2.75, 3.05) is 13.6 Å². The van der Waals surface area contributed by atoms with Crippen LogP contribution in [0.25, 0.3) is 0 Å². The molecule has 0 saturated heterocycles. The molecular weight excluding hydrogens is 302 g/mol. The predicted octanol–water partition coefficient (Wildman–Crippen LogP) is 2.88. The summed E-state index contributed by atoms with van der Waals surface area (Å²) in [6, 6.07) is 12.3. The van der Waals surface area contributed by atoms with Crippen molar-refractivity contribution in [2.45, 2.75) is 26.3 Å². The number of carbonyl (C=O) groups excluding carboxylic acids is 2. The average molecular weight is 325 g/mol. The van der Waals surface area contributed by atoms with E-state index in [4.69, 9.17) is 0 Å². The molecule has 0 aliphatic heterocycles. The molecule has 0 bridgehead atoms. The molecule has 0 saturated carbocycles. The number of nitrogens with zero attached hydrogens (tertiary/aromatic N) is 2. The number of benzene rings is 1. The van der Waals surface area contributed by atoms with Gasteiger partial charge in [0.2, 0.25) is 0 Å². The predicted molar refractivity (Wildman–Crippen MR) is 93.7 cm³/mol. The van der Waals surface area contributed by atoms with E-state index in [1.165, 1.54) is 0 Å². The molecule has 5 heteroatoms. The monoisotopic (exact) mass is 325 g/mol. The smallest absolute Gasteiger partial charge is 0.253 e. The number of aromatic nitrogens is 1. The third kappa shape index (κ3) is 4.91. The number of pyridine rings is 1. The van der Waals surface area contributed by atoms with Crippen LogP contribution in [0.5, 0.6) is 0 Å². The van der Waals surface area contributed by atoms with Crippen LogP contribution >= 0.6 is 0 Å². The molecule has 126 valence electrons. The minimum atomic E-state index is -0.181. The van der Waals surface area contributed by atoms with Gasteiger partial charge in [0.05, 0.1) is 12.2 Å². The summed E-state index contributed by atoms with van der Waals surface area (Å²) in [5.74, 6) is -0.206. The summed E-state index contributed by atoms with van der Waals surface area (Å²) in [6.07, 6.45) is 3.72. The number of hydrogen-bond acceptors (Lipinski definition) is 3. The van der Waals surface area contributed by atoms with Gasteiger partial charge in [-0.1, -0.05) is 19.4 Å². The highest BCUT2D eigenvalue weighted by molar-refractivity contribution is 5.97. The van der Waals surface area contributed by atoms with Gasteiger partial charge >= 0.3 is 0 Å². The number of amides is 2. The molecule has 1 N–H and O–H groups in total. The van der Waals surface area contributed by atoms with Crippen LogP contribution in [0.4, 0.5) is 0 Å². The van der Waals surface area contributed by atoms with Crippen LogP contribution < -0.4 is 5.32 Å². The molecule has 1 aromatic carbocycles. The summed E-state index contributed by atoms with van der Waals surface area (Å²) in [7, 11) is 1.80. The summed E-state index contributed by atoms with van der Waals surface area (Å²) in [6.45, 7) is 3.21. The minimum Gasteiger partial charge on any atom is -0.346 e. The average Bonchev–Trinajstić information content (AvgIpc) is 2.64. The van der Waals surface area contributed by atoms with Gasteiger partial charge in [0, 0.05) is 30.9 Å². The van der Waals surface area contributed by atoms with E-state index in [1.807, 2.05) is 18.2 Å². The molecule has 0 unspecified atom stereocenters. The lowest BCUT2D eigenvalue weighted by Gasteiger charge is -2.16. The first-order valence-electron chi connectivity index (χ1n) is 8.15. The lowest BCUT2D eigenvalue weighted by atomic mass is 10.1. The van der Waals surface area contributed by atoms with E-state index in [9.17, 15) is 9.59 Å². The topological polar surface area (TPSA) is 62.3 Å². The molecule has 2 rings (SSSR count). The largest absolute Gasteiger partial charge is 0.346 e. The molecule has 0 radical (unpaired) electrons. The Kier molecular flexibility index (Phi) is 6.49. The standard InChI is InChI=1S/C19H23N3O2/c1-3-4-13-22(2)19(24)16-10-8-15(9-11-16)18(23)21-14-17-7-5-6-12-20-17/h5-12H,3-4,13-14H2,1-2H3,(H,21,23). The van der Waals surface area contributed by atoms with E-state index >= 15 is 0 Å². The van der Waals surface area contributed by atoms with Gasteiger partial charge in [-0.05, 0) is 42.8 Å². The molecule has 1 aromatic heterocycles. The number of hydrogen-bond donors (Lipinski definition) is 1. The Hall–Kier alpha value is -2.69. The van der Waals surface area contributed by atoms with E-state index in [-0.39, 0.29) is 11.8 Å². The van der Waals surface area contributed by atoms with Gasteiger partial charge in [-0.2, -0.15) is 0 Å². The van der Waals surface area contributed by atoms with Crippen molar-refractivity contribution in [3.8, 4) is 0 Å². The number of unbranched alkanes of at least 4 members (excludes halogenated alkanes) is 1. The maximum absolute atomic E-state index is 12.3. The highest BCUT2D eigenvalue weighted by atomic mass is 16.2. The number of rotatable bonds is 7. The van der Waals surface area contributed by atoms with Crippen LogP contribution in [0.2, 0.25) is 0 Å². The lowest BCUT2D eigenvalue weighted by molar-refractivity contribution is 0.0792. The van der Waals surface area contributed by atoms with Gasteiger partial charge < -0.3 is 10.2 Å². The molecule has 5 nitrogen and oxygen atoms in total. The van der Waals surface area contributed by atoms with Gasteiger partial charge in [-0.25, -0.2) is 0 Å². The van der Waals surface area contributed by atoms with Crippen LogP contribution in [0, 0.1) is 0 Å². The third-order valence-electron chi connectivity index (χ3n) is 3.74. The maximum atomic E-state index is 12.3. The fourth-order valence-corrected chi connectivity index (χ4v) is 2.26. The quantitative estimate of drug-likeness (QED) is 0.851. The molecule has 0 aliphatic rings. The van der Waals surface area contributed by atoms with Crippen LogP contribution in [0.3, 0.4) is 0 Å². The first-order valence-corrected chi connectivity index (χ1v) is 8.15. The molecule has 1 heterocycles.